The molecule has 6 heteroatoms. The first kappa shape index (κ1) is 15.4. The molecular formula is C17H22N4O2. The number of hydrogen-bond acceptors (Lipinski definition) is 4. The van der Waals surface area contributed by atoms with Gasteiger partial charge in [-0.1, -0.05) is 6.07 Å². The molecule has 1 fully saturated rings. The number of aromatic nitrogens is 2. The van der Waals surface area contributed by atoms with Gasteiger partial charge in [0.05, 0.1) is 13.3 Å². The van der Waals surface area contributed by atoms with E-state index in [2.05, 4.69) is 15.3 Å². The number of benzene rings is 1. The summed E-state index contributed by atoms with van der Waals surface area (Å²) < 4.78 is 5.24. The van der Waals surface area contributed by atoms with E-state index in [0.29, 0.717) is 11.7 Å². The van der Waals surface area contributed by atoms with E-state index in [1.807, 2.05) is 36.1 Å². The normalized spacial score (nSPS) is 15.5. The molecule has 1 aliphatic heterocycles. The molecule has 0 bridgehead atoms. The van der Waals surface area contributed by atoms with Crippen LogP contribution in [0.5, 0.6) is 5.75 Å². The van der Waals surface area contributed by atoms with Crippen LogP contribution >= 0.6 is 0 Å². The Balaban J connectivity index is 1.55. The minimum absolute atomic E-state index is 0.0328. The zero-order chi connectivity index (χ0) is 16.2. The molecule has 2 N–H and O–H groups in total. The first-order valence-electron chi connectivity index (χ1n) is 7.87. The molecule has 3 rings (SSSR count). The highest BCUT2D eigenvalue weighted by Crippen LogP contribution is 2.21. The average molecular weight is 314 g/mol. The smallest absolute Gasteiger partial charge is 0.271 e. The number of rotatable bonds is 4. The molecule has 1 aromatic carbocycles. The number of carbonyl (C=O) groups is 1. The molecule has 0 radical (unpaired) electrons. The first-order chi connectivity index (χ1) is 11.2. The van der Waals surface area contributed by atoms with Gasteiger partial charge >= 0.3 is 0 Å². The van der Waals surface area contributed by atoms with E-state index in [1.54, 1.807) is 13.3 Å². The molecule has 0 spiro atoms. The van der Waals surface area contributed by atoms with Gasteiger partial charge in [-0.15, -0.1) is 0 Å². The van der Waals surface area contributed by atoms with Crippen LogP contribution in [0.2, 0.25) is 0 Å². The van der Waals surface area contributed by atoms with Crippen LogP contribution in [0.4, 0.5) is 5.69 Å². The monoisotopic (exact) mass is 314 g/mol. The third-order valence-corrected chi connectivity index (χ3v) is 4.16. The van der Waals surface area contributed by atoms with Gasteiger partial charge < -0.3 is 19.9 Å². The van der Waals surface area contributed by atoms with E-state index >= 15 is 0 Å². The molecule has 1 amide bonds. The number of methoxy groups -OCH3 is 1. The first-order valence-corrected chi connectivity index (χ1v) is 7.87. The number of aromatic amines is 1. The lowest BCUT2D eigenvalue weighted by Crippen LogP contribution is -2.42. The fourth-order valence-electron chi connectivity index (χ4n) is 2.88. The molecule has 0 aliphatic carbocycles. The molecule has 23 heavy (non-hydrogen) atoms. The number of carbonyl (C=O) groups excluding carboxylic acids is 1. The van der Waals surface area contributed by atoms with Gasteiger partial charge in [0.1, 0.15) is 17.3 Å². The number of H-pyrrole nitrogens is 1. The van der Waals surface area contributed by atoms with Gasteiger partial charge in [-0.25, -0.2) is 4.98 Å². The van der Waals surface area contributed by atoms with E-state index in [-0.39, 0.29) is 5.91 Å². The van der Waals surface area contributed by atoms with Crippen molar-refractivity contribution in [1.29, 1.82) is 0 Å². The number of likely N-dealkylation sites (tertiary alicyclic amines) is 1. The topological polar surface area (TPSA) is 70.2 Å². The van der Waals surface area contributed by atoms with E-state index in [1.165, 1.54) is 0 Å². The van der Waals surface area contributed by atoms with Crippen LogP contribution in [0, 0.1) is 6.92 Å². The summed E-state index contributed by atoms with van der Waals surface area (Å²) in [6.45, 7) is 3.35. The van der Waals surface area contributed by atoms with Crippen LogP contribution in [-0.4, -0.2) is 47.0 Å². The number of nitrogens with zero attached hydrogens (tertiary/aromatic N) is 2. The summed E-state index contributed by atoms with van der Waals surface area (Å²) in [6.07, 6.45) is 3.46. The van der Waals surface area contributed by atoms with Crippen molar-refractivity contribution in [2.45, 2.75) is 25.8 Å². The maximum Gasteiger partial charge on any atom is 0.271 e. The van der Waals surface area contributed by atoms with Crippen molar-refractivity contribution < 1.29 is 9.53 Å². The van der Waals surface area contributed by atoms with Crippen LogP contribution < -0.4 is 10.1 Å². The van der Waals surface area contributed by atoms with Gasteiger partial charge in [0.2, 0.25) is 0 Å². The Morgan fingerprint density at radius 2 is 2.17 bits per heavy atom. The lowest BCUT2D eigenvalue weighted by Gasteiger charge is -2.32. The molecule has 6 nitrogen and oxygen atoms in total. The minimum atomic E-state index is 0.0328. The summed E-state index contributed by atoms with van der Waals surface area (Å²) in [7, 11) is 1.67. The zero-order valence-electron chi connectivity index (χ0n) is 13.5. The van der Waals surface area contributed by atoms with Gasteiger partial charge in [-0.2, -0.15) is 0 Å². The highest BCUT2D eigenvalue weighted by Gasteiger charge is 2.24. The van der Waals surface area contributed by atoms with Crippen LogP contribution in [0.3, 0.4) is 0 Å². The Labute approximate surface area is 135 Å². The molecular weight excluding hydrogens is 292 g/mol. The average Bonchev–Trinajstić information content (AvgIpc) is 3.01. The van der Waals surface area contributed by atoms with Crippen molar-refractivity contribution in [3.8, 4) is 5.75 Å². The van der Waals surface area contributed by atoms with Crippen molar-refractivity contribution in [2.24, 2.45) is 0 Å². The number of piperidine rings is 1. The number of amides is 1. The SMILES string of the molecule is COc1cccc(NC2CCN(C(=O)c3cnc(C)[nH]3)CC2)c1. The summed E-state index contributed by atoms with van der Waals surface area (Å²) >= 11 is 0. The fraction of sp³-hybridized carbons (Fsp3) is 0.412. The fourth-order valence-corrected chi connectivity index (χ4v) is 2.88. The summed E-state index contributed by atoms with van der Waals surface area (Å²) in [4.78, 5) is 21.4. The highest BCUT2D eigenvalue weighted by atomic mass is 16.5. The molecule has 2 aromatic rings. The van der Waals surface area contributed by atoms with E-state index < -0.39 is 0 Å². The molecule has 122 valence electrons. The predicted octanol–water partition coefficient (Wildman–Crippen LogP) is 2.44. The lowest BCUT2D eigenvalue weighted by molar-refractivity contribution is 0.0713. The largest absolute Gasteiger partial charge is 0.497 e. The molecule has 2 heterocycles. The Hall–Kier alpha value is -2.50. The van der Waals surface area contributed by atoms with Crippen LogP contribution in [0.25, 0.3) is 0 Å². The van der Waals surface area contributed by atoms with E-state index in [4.69, 9.17) is 4.74 Å². The summed E-state index contributed by atoms with van der Waals surface area (Å²) in [5.41, 5.74) is 1.63. The van der Waals surface area contributed by atoms with Gasteiger partial charge in [0.15, 0.2) is 0 Å². The summed E-state index contributed by atoms with van der Waals surface area (Å²) in [6, 6.07) is 8.30. The van der Waals surface area contributed by atoms with Crippen LogP contribution in [0.15, 0.2) is 30.5 Å². The summed E-state index contributed by atoms with van der Waals surface area (Å²) in [5, 5.41) is 3.52. The zero-order valence-corrected chi connectivity index (χ0v) is 13.5. The lowest BCUT2D eigenvalue weighted by atomic mass is 10.0. The molecule has 0 saturated carbocycles. The molecule has 1 aromatic heterocycles. The van der Waals surface area contributed by atoms with Gasteiger partial charge in [0, 0.05) is 30.9 Å². The number of aryl methyl sites for hydroxylation is 1. The Kier molecular flexibility index (Phi) is 4.50. The van der Waals surface area contributed by atoms with E-state index in [0.717, 1.165) is 43.2 Å². The summed E-state index contributed by atoms with van der Waals surface area (Å²) in [5.74, 6) is 1.64. The van der Waals surface area contributed by atoms with Crippen LogP contribution in [0.1, 0.15) is 29.2 Å². The van der Waals surface area contributed by atoms with Crippen molar-refractivity contribution in [3.05, 3.63) is 42.0 Å². The maximum atomic E-state index is 12.4. The number of ether oxygens (including phenoxy) is 1. The van der Waals surface area contributed by atoms with Crippen LogP contribution in [-0.2, 0) is 0 Å². The minimum Gasteiger partial charge on any atom is -0.497 e. The molecule has 0 unspecified atom stereocenters. The Bertz CT molecular complexity index is 675. The number of imidazole rings is 1. The van der Waals surface area contributed by atoms with Gasteiger partial charge in [0.25, 0.3) is 5.91 Å². The maximum absolute atomic E-state index is 12.4. The van der Waals surface area contributed by atoms with Crippen molar-refractivity contribution in [1.82, 2.24) is 14.9 Å². The second-order valence-corrected chi connectivity index (χ2v) is 5.83. The van der Waals surface area contributed by atoms with Crippen molar-refractivity contribution in [2.75, 3.05) is 25.5 Å². The standard InChI is InChI=1S/C17H22N4O2/c1-12-18-11-16(19-12)17(22)21-8-6-13(7-9-21)20-14-4-3-5-15(10-14)23-2/h3-5,10-11,13,20H,6-9H2,1-2H3,(H,18,19). The number of hydrogen-bond donors (Lipinski definition) is 2. The van der Waals surface area contributed by atoms with Crippen molar-refractivity contribution in [3.63, 3.8) is 0 Å². The van der Waals surface area contributed by atoms with Crippen molar-refractivity contribution >= 4 is 11.6 Å². The van der Waals surface area contributed by atoms with E-state index in [9.17, 15) is 4.79 Å². The number of anilines is 1. The third-order valence-electron chi connectivity index (χ3n) is 4.16. The second-order valence-electron chi connectivity index (χ2n) is 5.83. The third kappa shape index (κ3) is 3.64. The highest BCUT2D eigenvalue weighted by molar-refractivity contribution is 5.92. The van der Waals surface area contributed by atoms with Gasteiger partial charge in [-0.3, -0.25) is 4.79 Å². The second kappa shape index (κ2) is 6.73. The quantitative estimate of drug-likeness (QED) is 0.909. The molecule has 0 atom stereocenters. The molecule has 1 saturated heterocycles. The molecule has 1 aliphatic rings. The number of nitrogens with one attached hydrogen (secondary N) is 2. The predicted molar refractivity (Wildman–Crippen MR) is 88.9 cm³/mol. The Morgan fingerprint density at radius 3 is 2.83 bits per heavy atom. The van der Waals surface area contributed by atoms with Gasteiger partial charge in [-0.05, 0) is 31.9 Å². The Morgan fingerprint density at radius 1 is 1.39 bits per heavy atom.